The van der Waals surface area contributed by atoms with Crippen LogP contribution >= 0.6 is 0 Å². The second kappa shape index (κ2) is 7.01. The van der Waals surface area contributed by atoms with Crippen LogP contribution in [0.2, 0.25) is 0 Å². The summed E-state index contributed by atoms with van der Waals surface area (Å²) in [6.45, 7) is 1.81. The van der Waals surface area contributed by atoms with Gasteiger partial charge in [0.1, 0.15) is 0 Å². The Balaban J connectivity index is 2.11. The van der Waals surface area contributed by atoms with Gasteiger partial charge in [-0.1, -0.05) is 36.4 Å². The fourth-order valence-corrected chi connectivity index (χ4v) is 2.73. The molecule has 0 fully saturated rings. The third-order valence-corrected chi connectivity index (χ3v) is 3.97. The Hall–Kier alpha value is -3.40. The smallest absolute Gasteiger partial charge is 0.262 e. The van der Waals surface area contributed by atoms with E-state index < -0.39 is 5.91 Å². The van der Waals surface area contributed by atoms with Crippen molar-refractivity contribution in [2.45, 2.75) is 6.92 Å². The van der Waals surface area contributed by atoms with Gasteiger partial charge in [0.05, 0.1) is 0 Å². The molecule has 2 amide bonds. The number of benzene rings is 3. The van der Waals surface area contributed by atoms with Gasteiger partial charge in [0.25, 0.3) is 5.91 Å². The number of carbonyl (C=O) groups is 2. The van der Waals surface area contributed by atoms with Gasteiger partial charge in [-0.05, 0) is 55.0 Å². The van der Waals surface area contributed by atoms with Crippen LogP contribution in [0.5, 0.6) is 0 Å². The lowest BCUT2D eigenvalue weighted by molar-refractivity contribution is 0.0992. The molecular formula is C21H18N2O2. The number of aryl methyl sites for hydroxylation is 1. The molecule has 3 rings (SSSR count). The molecule has 0 radical (unpaired) electrons. The van der Waals surface area contributed by atoms with E-state index in [-0.39, 0.29) is 5.91 Å². The van der Waals surface area contributed by atoms with Crippen molar-refractivity contribution in [1.29, 1.82) is 0 Å². The fraction of sp³-hybridized carbons (Fsp3) is 0.0476. The first-order valence-corrected chi connectivity index (χ1v) is 7.93. The van der Waals surface area contributed by atoms with E-state index >= 15 is 0 Å². The summed E-state index contributed by atoms with van der Waals surface area (Å²) in [6, 6.07) is 23.7. The molecule has 4 heteroatoms. The van der Waals surface area contributed by atoms with Gasteiger partial charge in [0.15, 0.2) is 0 Å². The molecule has 0 aliphatic heterocycles. The average Bonchev–Trinajstić information content (AvgIpc) is 2.63. The lowest BCUT2D eigenvalue weighted by Crippen LogP contribution is -2.26. The molecule has 0 aromatic heterocycles. The molecule has 25 heavy (non-hydrogen) atoms. The van der Waals surface area contributed by atoms with Crippen LogP contribution in [0.1, 0.15) is 26.3 Å². The van der Waals surface area contributed by atoms with Crippen molar-refractivity contribution < 1.29 is 9.59 Å². The second-order valence-corrected chi connectivity index (χ2v) is 5.71. The van der Waals surface area contributed by atoms with Gasteiger partial charge in [-0.15, -0.1) is 0 Å². The molecule has 3 aromatic carbocycles. The summed E-state index contributed by atoms with van der Waals surface area (Å²) in [7, 11) is 0. The van der Waals surface area contributed by atoms with Crippen LogP contribution in [0.25, 0.3) is 0 Å². The minimum absolute atomic E-state index is 0.141. The summed E-state index contributed by atoms with van der Waals surface area (Å²) in [5.41, 5.74) is 8.58. The summed E-state index contributed by atoms with van der Waals surface area (Å²) in [5.74, 6) is -0.622. The van der Waals surface area contributed by atoms with Gasteiger partial charge in [-0.3, -0.25) is 14.5 Å². The number of hydrogen-bond acceptors (Lipinski definition) is 2. The van der Waals surface area contributed by atoms with E-state index in [1.54, 1.807) is 42.2 Å². The van der Waals surface area contributed by atoms with Crippen molar-refractivity contribution in [3.05, 3.63) is 95.6 Å². The predicted octanol–water partition coefficient (Wildman–Crippen LogP) is 4.07. The molecule has 0 heterocycles. The molecule has 2 N–H and O–H groups in total. The van der Waals surface area contributed by atoms with E-state index in [9.17, 15) is 9.59 Å². The summed E-state index contributed by atoms with van der Waals surface area (Å²) in [5, 5.41) is 0. The second-order valence-electron chi connectivity index (χ2n) is 5.71. The topological polar surface area (TPSA) is 63.4 Å². The van der Waals surface area contributed by atoms with Gasteiger partial charge in [-0.25, -0.2) is 0 Å². The van der Waals surface area contributed by atoms with Crippen LogP contribution in [0.15, 0.2) is 78.9 Å². The Bertz CT molecular complexity index is 906. The monoisotopic (exact) mass is 330 g/mol. The largest absolute Gasteiger partial charge is 0.366 e. The first-order valence-electron chi connectivity index (χ1n) is 7.93. The maximum absolute atomic E-state index is 13.1. The van der Waals surface area contributed by atoms with Crippen LogP contribution in [0, 0.1) is 6.92 Å². The van der Waals surface area contributed by atoms with Crippen LogP contribution in [-0.4, -0.2) is 11.8 Å². The number of anilines is 2. The molecule has 124 valence electrons. The Labute approximate surface area is 146 Å². The number of amides is 2. The van der Waals surface area contributed by atoms with Crippen LogP contribution in [0.3, 0.4) is 0 Å². The minimum atomic E-state index is -0.482. The minimum Gasteiger partial charge on any atom is -0.366 e. The third-order valence-electron chi connectivity index (χ3n) is 3.97. The normalized spacial score (nSPS) is 10.3. The van der Waals surface area contributed by atoms with Gasteiger partial charge in [-0.2, -0.15) is 0 Å². The van der Waals surface area contributed by atoms with Gasteiger partial charge in [0.2, 0.25) is 5.91 Å². The van der Waals surface area contributed by atoms with E-state index in [4.69, 9.17) is 5.73 Å². The van der Waals surface area contributed by atoms with Crippen molar-refractivity contribution in [3.63, 3.8) is 0 Å². The molecule has 0 saturated carbocycles. The number of nitrogens with two attached hydrogens (primary N) is 1. The zero-order valence-corrected chi connectivity index (χ0v) is 13.8. The maximum Gasteiger partial charge on any atom is 0.262 e. The van der Waals surface area contributed by atoms with Crippen molar-refractivity contribution in [2.75, 3.05) is 4.90 Å². The molecule has 0 saturated heterocycles. The van der Waals surface area contributed by atoms with Gasteiger partial charge in [0, 0.05) is 22.5 Å². The van der Waals surface area contributed by atoms with E-state index in [0.717, 1.165) is 11.3 Å². The summed E-state index contributed by atoms with van der Waals surface area (Å²) >= 11 is 0. The number of nitrogens with zero attached hydrogens (tertiary/aromatic N) is 1. The average molecular weight is 330 g/mol. The Morgan fingerprint density at radius 1 is 0.800 bits per heavy atom. The highest BCUT2D eigenvalue weighted by molar-refractivity contribution is 6.11. The summed E-state index contributed by atoms with van der Waals surface area (Å²) in [4.78, 5) is 26.2. The number of hydrogen-bond donors (Lipinski definition) is 1. The van der Waals surface area contributed by atoms with Crippen LogP contribution in [0.4, 0.5) is 11.4 Å². The standard InChI is InChI=1S/C21H18N2O2/c1-15-14-18(12-13-19(15)20(22)24)23(17-10-6-3-7-11-17)21(25)16-8-4-2-5-9-16/h2-14H,1H3,(H2,22,24). The summed E-state index contributed by atoms with van der Waals surface area (Å²) < 4.78 is 0. The van der Waals surface area contributed by atoms with Crippen molar-refractivity contribution in [3.8, 4) is 0 Å². The molecule has 0 aliphatic rings. The van der Waals surface area contributed by atoms with E-state index in [1.807, 2.05) is 48.5 Å². The highest BCUT2D eigenvalue weighted by Gasteiger charge is 2.20. The fourth-order valence-electron chi connectivity index (χ4n) is 2.73. The van der Waals surface area contributed by atoms with E-state index in [1.165, 1.54) is 0 Å². The van der Waals surface area contributed by atoms with Crippen molar-refractivity contribution in [1.82, 2.24) is 0 Å². The highest BCUT2D eigenvalue weighted by Crippen LogP contribution is 2.29. The SMILES string of the molecule is Cc1cc(N(C(=O)c2ccccc2)c2ccccc2)ccc1C(N)=O. The number of primary amides is 1. The lowest BCUT2D eigenvalue weighted by atomic mass is 10.1. The molecule has 0 aliphatic carbocycles. The zero-order chi connectivity index (χ0) is 17.8. The van der Waals surface area contributed by atoms with Crippen molar-refractivity contribution in [2.24, 2.45) is 5.73 Å². The Morgan fingerprint density at radius 3 is 1.96 bits per heavy atom. The van der Waals surface area contributed by atoms with Crippen LogP contribution < -0.4 is 10.6 Å². The molecular weight excluding hydrogens is 312 g/mol. The quantitative estimate of drug-likeness (QED) is 0.783. The molecule has 0 bridgehead atoms. The maximum atomic E-state index is 13.1. The van der Waals surface area contributed by atoms with E-state index in [2.05, 4.69) is 0 Å². The Kier molecular flexibility index (Phi) is 4.61. The van der Waals surface area contributed by atoms with Gasteiger partial charge < -0.3 is 5.73 Å². The molecule has 3 aromatic rings. The van der Waals surface area contributed by atoms with Gasteiger partial charge >= 0.3 is 0 Å². The zero-order valence-electron chi connectivity index (χ0n) is 13.8. The molecule has 0 unspecified atom stereocenters. The van der Waals surface area contributed by atoms with Crippen LogP contribution in [-0.2, 0) is 0 Å². The first kappa shape index (κ1) is 16.5. The lowest BCUT2D eigenvalue weighted by Gasteiger charge is -2.24. The number of rotatable bonds is 4. The molecule has 0 spiro atoms. The first-order chi connectivity index (χ1) is 12.1. The third kappa shape index (κ3) is 3.43. The predicted molar refractivity (Wildman–Crippen MR) is 99.1 cm³/mol. The highest BCUT2D eigenvalue weighted by atomic mass is 16.2. The Morgan fingerprint density at radius 2 is 1.40 bits per heavy atom. The summed E-state index contributed by atoms with van der Waals surface area (Å²) in [6.07, 6.45) is 0. The number of para-hydroxylation sites is 1. The molecule has 0 atom stereocenters. The van der Waals surface area contributed by atoms with E-state index in [0.29, 0.717) is 16.8 Å². The van der Waals surface area contributed by atoms with Crippen molar-refractivity contribution >= 4 is 23.2 Å². The molecule has 4 nitrogen and oxygen atoms in total. The number of carbonyl (C=O) groups excluding carboxylic acids is 2.